The van der Waals surface area contributed by atoms with Crippen LogP contribution in [0.15, 0.2) is 53.7 Å². The lowest BCUT2D eigenvalue weighted by Crippen LogP contribution is -2.19. The summed E-state index contributed by atoms with van der Waals surface area (Å²) in [6.07, 6.45) is 3.21. The average Bonchev–Trinajstić information content (AvgIpc) is 3.23. The van der Waals surface area contributed by atoms with Crippen LogP contribution in [0.25, 0.3) is 28.1 Å². The first-order valence-corrected chi connectivity index (χ1v) is 9.16. The third-order valence-corrected chi connectivity index (χ3v) is 4.74. The minimum absolute atomic E-state index is 0.0952. The van der Waals surface area contributed by atoms with Gasteiger partial charge in [0.2, 0.25) is 0 Å². The van der Waals surface area contributed by atoms with Crippen LogP contribution in [0.3, 0.4) is 0 Å². The Labute approximate surface area is 170 Å². The lowest BCUT2D eigenvalue weighted by Gasteiger charge is -2.11. The molecule has 4 rings (SSSR count). The molecule has 0 fully saturated rings. The Morgan fingerprint density at radius 3 is 2.70 bits per heavy atom. The molecule has 4 aromatic rings. The number of rotatable bonds is 5. The number of aromatic nitrogens is 5. The molecule has 3 aromatic heterocycles. The van der Waals surface area contributed by atoms with E-state index in [-0.39, 0.29) is 22.9 Å². The number of nitro groups is 1. The SMILES string of the molecule is COc1cc2ccn(-c3cccc(-c4nncn4C(C)C)n3)c(=O)c2cc1[N+](=O)[O-]. The topological polar surface area (TPSA) is 118 Å². The Morgan fingerprint density at radius 2 is 2.00 bits per heavy atom. The van der Waals surface area contributed by atoms with Crippen molar-refractivity contribution in [1.29, 1.82) is 0 Å². The largest absolute Gasteiger partial charge is 0.490 e. The molecule has 0 N–H and O–H groups in total. The Kier molecular flexibility index (Phi) is 4.74. The quantitative estimate of drug-likeness (QED) is 0.369. The van der Waals surface area contributed by atoms with Gasteiger partial charge >= 0.3 is 5.69 Å². The maximum Gasteiger partial charge on any atom is 0.311 e. The molecule has 0 aliphatic heterocycles. The first-order valence-electron chi connectivity index (χ1n) is 9.16. The van der Waals surface area contributed by atoms with Gasteiger partial charge in [0, 0.05) is 18.3 Å². The van der Waals surface area contributed by atoms with Gasteiger partial charge in [0.15, 0.2) is 11.6 Å². The molecule has 0 amide bonds. The van der Waals surface area contributed by atoms with Gasteiger partial charge in [0.25, 0.3) is 5.56 Å². The predicted molar refractivity (Wildman–Crippen MR) is 110 cm³/mol. The van der Waals surface area contributed by atoms with Crippen molar-refractivity contribution < 1.29 is 9.66 Å². The summed E-state index contributed by atoms with van der Waals surface area (Å²) in [6.45, 7) is 4.01. The minimum Gasteiger partial charge on any atom is -0.490 e. The second-order valence-corrected chi connectivity index (χ2v) is 6.90. The van der Waals surface area contributed by atoms with Crippen LogP contribution in [0.2, 0.25) is 0 Å². The molecule has 0 aliphatic carbocycles. The highest BCUT2D eigenvalue weighted by Crippen LogP contribution is 2.30. The highest BCUT2D eigenvalue weighted by molar-refractivity contribution is 5.86. The van der Waals surface area contributed by atoms with Crippen molar-refractivity contribution in [2.24, 2.45) is 0 Å². The maximum atomic E-state index is 13.1. The van der Waals surface area contributed by atoms with E-state index in [9.17, 15) is 14.9 Å². The van der Waals surface area contributed by atoms with Crippen LogP contribution in [0.1, 0.15) is 19.9 Å². The van der Waals surface area contributed by atoms with Crippen molar-refractivity contribution in [3.05, 3.63) is 69.4 Å². The third kappa shape index (κ3) is 3.17. The Morgan fingerprint density at radius 1 is 1.20 bits per heavy atom. The lowest BCUT2D eigenvalue weighted by atomic mass is 10.1. The summed E-state index contributed by atoms with van der Waals surface area (Å²) >= 11 is 0. The van der Waals surface area contributed by atoms with Crippen molar-refractivity contribution in [2.45, 2.75) is 19.9 Å². The van der Waals surface area contributed by atoms with Gasteiger partial charge in [-0.15, -0.1) is 10.2 Å². The fourth-order valence-corrected chi connectivity index (χ4v) is 3.23. The molecule has 0 saturated heterocycles. The molecule has 0 radical (unpaired) electrons. The van der Waals surface area contributed by atoms with E-state index in [0.29, 0.717) is 22.7 Å². The van der Waals surface area contributed by atoms with Crippen LogP contribution in [0.4, 0.5) is 5.69 Å². The van der Waals surface area contributed by atoms with Crippen LogP contribution in [0, 0.1) is 10.1 Å². The van der Waals surface area contributed by atoms with E-state index in [1.54, 1.807) is 36.8 Å². The lowest BCUT2D eigenvalue weighted by molar-refractivity contribution is -0.385. The normalized spacial score (nSPS) is 11.2. The van der Waals surface area contributed by atoms with Crippen LogP contribution in [0.5, 0.6) is 5.75 Å². The summed E-state index contributed by atoms with van der Waals surface area (Å²) in [7, 11) is 1.35. The van der Waals surface area contributed by atoms with E-state index < -0.39 is 10.5 Å². The number of fused-ring (bicyclic) bond motifs is 1. The van der Waals surface area contributed by atoms with E-state index in [2.05, 4.69) is 15.2 Å². The van der Waals surface area contributed by atoms with Crippen molar-refractivity contribution >= 4 is 16.5 Å². The standard InChI is InChI=1S/C20H18N6O4/c1-12(2)25-11-21-23-19(25)15-5-4-6-18(22-15)24-8-7-13-9-17(30-3)16(26(28)29)10-14(13)20(24)27/h4-12H,1-3H3. The van der Waals surface area contributed by atoms with Gasteiger partial charge < -0.3 is 9.30 Å². The van der Waals surface area contributed by atoms with Crippen molar-refractivity contribution in [3.8, 4) is 23.1 Å². The Hall–Kier alpha value is -4.08. The summed E-state index contributed by atoms with van der Waals surface area (Å²) in [4.78, 5) is 28.4. The molecule has 0 aliphatic rings. The zero-order chi connectivity index (χ0) is 21.4. The summed E-state index contributed by atoms with van der Waals surface area (Å²) in [5.41, 5.74) is -0.133. The summed E-state index contributed by atoms with van der Waals surface area (Å²) in [5.74, 6) is 1.05. The van der Waals surface area contributed by atoms with E-state index >= 15 is 0 Å². The monoisotopic (exact) mass is 406 g/mol. The van der Waals surface area contributed by atoms with Gasteiger partial charge in [0.1, 0.15) is 17.8 Å². The van der Waals surface area contributed by atoms with Gasteiger partial charge in [-0.25, -0.2) is 4.98 Å². The summed E-state index contributed by atoms with van der Waals surface area (Å²) < 4.78 is 8.30. The molecule has 0 spiro atoms. The average molecular weight is 406 g/mol. The molecule has 152 valence electrons. The first kappa shape index (κ1) is 19.2. The van der Waals surface area contributed by atoms with Crippen LogP contribution >= 0.6 is 0 Å². The predicted octanol–water partition coefficient (Wildman–Crippen LogP) is 3.14. The minimum atomic E-state index is -0.577. The van der Waals surface area contributed by atoms with E-state index in [1.165, 1.54) is 23.8 Å². The fraction of sp³-hybridized carbons (Fsp3) is 0.200. The molecule has 3 heterocycles. The number of hydrogen-bond acceptors (Lipinski definition) is 7. The summed E-state index contributed by atoms with van der Waals surface area (Å²) in [6, 6.07) is 9.77. The number of nitro benzene ring substituents is 1. The van der Waals surface area contributed by atoms with E-state index in [4.69, 9.17) is 4.74 Å². The second kappa shape index (κ2) is 7.39. The number of benzene rings is 1. The number of nitrogens with zero attached hydrogens (tertiary/aromatic N) is 6. The number of pyridine rings is 2. The van der Waals surface area contributed by atoms with Crippen LogP contribution < -0.4 is 10.3 Å². The molecule has 10 nitrogen and oxygen atoms in total. The maximum absolute atomic E-state index is 13.1. The van der Waals surface area contributed by atoms with Crippen molar-refractivity contribution in [2.75, 3.05) is 7.11 Å². The van der Waals surface area contributed by atoms with Crippen molar-refractivity contribution in [3.63, 3.8) is 0 Å². The van der Waals surface area contributed by atoms with Crippen LogP contribution in [-0.4, -0.2) is 36.3 Å². The molecule has 0 saturated carbocycles. The second-order valence-electron chi connectivity index (χ2n) is 6.90. The molecule has 1 aromatic carbocycles. The zero-order valence-corrected chi connectivity index (χ0v) is 16.5. The van der Waals surface area contributed by atoms with E-state index in [1.807, 2.05) is 18.4 Å². The smallest absolute Gasteiger partial charge is 0.311 e. The van der Waals surface area contributed by atoms with Gasteiger partial charge in [-0.05, 0) is 43.5 Å². The highest BCUT2D eigenvalue weighted by atomic mass is 16.6. The molecular formula is C20H18N6O4. The first-order chi connectivity index (χ1) is 14.4. The van der Waals surface area contributed by atoms with E-state index in [0.717, 1.165) is 0 Å². The zero-order valence-electron chi connectivity index (χ0n) is 16.5. The third-order valence-electron chi connectivity index (χ3n) is 4.74. The van der Waals surface area contributed by atoms with Gasteiger partial charge in [-0.3, -0.25) is 19.5 Å². The number of ether oxygens (including phenoxy) is 1. The molecule has 0 unspecified atom stereocenters. The molecule has 0 bridgehead atoms. The molecule has 30 heavy (non-hydrogen) atoms. The van der Waals surface area contributed by atoms with Gasteiger partial charge in [-0.1, -0.05) is 6.07 Å². The van der Waals surface area contributed by atoms with Gasteiger partial charge in [-0.2, -0.15) is 0 Å². The Bertz CT molecular complexity index is 1320. The number of methoxy groups -OCH3 is 1. The molecule has 10 heteroatoms. The summed E-state index contributed by atoms with van der Waals surface area (Å²) in [5, 5.41) is 20.2. The van der Waals surface area contributed by atoms with Crippen LogP contribution in [-0.2, 0) is 0 Å². The number of hydrogen-bond donors (Lipinski definition) is 0. The highest BCUT2D eigenvalue weighted by Gasteiger charge is 2.19. The van der Waals surface area contributed by atoms with Gasteiger partial charge in [0.05, 0.1) is 17.4 Å². The Balaban J connectivity index is 1.88. The molecular weight excluding hydrogens is 388 g/mol. The van der Waals surface area contributed by atoms with Crippen molar-refractivity contribution in [1.82, 2.24) is 24.3 Å². The molecule has 0 atom stereocenters. The fourth-order valence-electron chi connectivity index (χ4n) is 3.23.